The number of hydrogen-bond donors (Lipinski definition) is 3. The smallest absolute Gasteiger partial charge is 0.130 e. The van der Waals surface area contributed by atoms with E-state index in [1.807, 2.05) is 32.3 Å². The van der Waals surface area contributed by atoms with Crippen molar-refractivity contribution < 1.29 is 27.9 Å². The molecule has 2 atom stereocenters. The zero-order valence-corrected chi connectivity index (χ0v) is 9.99. The lowest BCUT2D eigenvalue weighted by molar-refractivity contribution is -0.669. The van der Waals surface area contributed by atoms with Crippen molar-refractivity contribution in [1.29, 1.82) is 0 Å². The second-order valence-electron chi connectivity index (χ2n) is 3.68. The van der Waals surface area contributed by atoms with Gasteiger partial charge in [0.15, 0.2) is 0 Å². The molecule has 2 unspecified atom stereocenters. The molecule has 15 heavy (non-hydrogen) atoms. The van der Waals surface area contributed by atoms with Crippen molar-refractivity contribution >= 4 is 0 Å². The fourth-order valence-corrected chi connectivity index (χ4v) is 1.35. The molecule has 0 amide bonds. The summed E-state index contributed by atoms with van der Waals surface area (Å²) in [5, 5.41) is 21.2. The van der Waals surface area contributed by atoms with Gasteiger partial charge in [-0.3, -0.25) is 0 Å². The van der Waals surface area contributed by atoms with Crippen LogP contribution in [-0.2, 0) is 0 Å². The van der Waals surface area contributed by atoms with Crippen LogP contribution in [0.15, 0.2) is 18.2 Å². The Morgan fingerprint density at radius 1 is 1.33 bits per heavy atom. The van der Waals surface area contributed by atoms with Gasteiger partial charge in [0, 0.05) is 0 Å². The first-order chi connectivity index (χ1) is 6.56. The number of likely N-dealkylation sites (N-methyl/N-ethyl adjacent to an activating group) is 1. The fourth-order valence-electron chi connectivity index (χ4n) is 1.35. The Morgan fingerprint density at radius 3 is 2.40 bits per heavy atom. The standard InChI is InChI=1S/C11H17NO2.ClH/c1-7-6-9(4-5-10(7)13)11(14)8(2)12-3;/h4-6,8,11-14H,1-3H3;1H. The van der Waals surface area contributed by atoms with Crippen LogP contribution in [0, 0.1) is 6.92 Å². The highest BCUT2D eigenvalue weighted by Crippen LogP contribution is 2.22. The molecule has 86 valence electrons. The lowest BCUT2D eigenvalue weighted by atomic mass is 10.0. The molecular weight excluding hydrogens is 214 g/mol. The van der Waals surface area contributed by atoms with Crippen molar-refractivity contribution in [2.24, 2.45) is 0 Å². The molecule has 3 nitrogen and oxygen atoms in total. The summed E-state index contributed by atoms with van der Waals surface area (Å²) in [4.78, 5) is 0. The van der Waals surface area contributed by atoms with E-state index in [4.69, 9.17) is 0 Å². The van der Waals surface area contributed by atoms with Crippen LogP contribution in [0.4, 0.5) is 0 Å². The number of halogens is 1. The van der Waals surface area contributed by atoms with E-state index in [2.05, 4.69) is 0 Å². The van der Waals surface area contributed by atoms with E-state index >= 15 is 0 Å². The van der Waals surface area contributed by atoms with Gasteiger partial charge in [0.05, 0.1) is 7.05 Å². The van der Waals surface area contributed by atoms with Crippen molar-refractivity contribution in [3.8, 4) is 5.75 Å². The van der Waals surface area contributed by atoms with Gasteiger partial charge in [-0.2, -0.15) is 0 Å². The highest BCUT2D eigenvalue weighted by molar-refractivity contribution is 5.35. The summed E-state index contributed by atoms with van der Waals surface area (Å²) in [6.45, 7) is 3.79. The lowest BCUT2D eigenvalue weighted by Gasteiger charge is -2.16. The second-order valence-corrected chi connectivity index (χ2v) is 3.68. The molecule has 4 heteroatoms. The molecule has 0 saturated heterocycles. The fraction of sp³-hybridized carbons (Fsp3) is 0.455. The van der Waals surface area contributed by atoms with Gasteiger partial charge >= 0.3 is 0 Å². The molecule has 0 aliphatic rings. The van der Waals surface area contributed by atoms with Crippen LogP contribution in [0.1, 0.15) is 24.2 Å². The first-order valence-corrected chi connectivity index (χ1v) is 4.83. The molecule has 0 aliphatic carbocycles. The van der Waals surface area contributed by atoms with Crippen LogP contribution in [0.5, 0.6) is 5.75 Å². The van der Waals surface area contributed by atoms with Crippen molar-refractivity contribution in [3.05, 3.63) is 29.3 Å². The molecule has 0 aromatic heterocycles. The number of phenolic OH excluding ortho intramolecular Hbond substituents is 1. The summed E-state index contributed by atoms with van der Waals surface area (Å²) in [6.07, 6.45) is -0.487. The van der Waals surface area contributed by atoms with Crippen LogP contribution in [-0.4, -0.2) is 23.3 Å². The molecule has 4 N–H and O–H groups in total. The first-order valence-electron chi connectivity index (χ1n) is 4.83. The average molecular weight is 232 g/mol. The molecule has 0 radical (unpaired) electrons. The summed E-state index contributed by atoms with van der Waals surface area (Å²) in [6, 6.07) is 5.32. The average Bonchev–Trinajstić information content (AvgIpc) is 2.20. The van der Waals surface area contributed by atoms with E-state index in [0.29, 0.717) is 0 Å². The number of nitrogens with two attached hydrogens (primary N) is 1. The van der Waals surface area contributed by atoms with Gasteiger partial charge in [0.2, 0.25) is 0 Å². The molecular formula is C11H18ClNO2. The zero-order chi connectivity index (χ0) is 10.7. The number of aliphatic hydroxyl groups excluding tert-OH is 1. The minimum Gasteiger partial charge on any atom is -1.00 e. The second kappa shape index (κ2) is 5.95. The third-order valence-electron chi connectivity index (χ3n) is 2.59. The van der Waals surface area contributed by atoms with Gasteiger partial charge in [-0.25, -0.2) is 0 Å². The van der Waals surface area contributed by atoms with Crippen LogP contribution in [0.3, 0.4) is 0 Å². The number of hydrogen-bond acceptors (Lipinski definition) is 2. The SMILES string of the molecule is C[NH2+]C(C)C(O)c1ccc(O)c(C)c1.[Cl-]. The van der Waals surface area contributed by atoms with Crippen LogP contribution >= 0.6 is 0 Å². The maximum absolute atomic E-state index is 9.89. The summed E-state index contributed by atoms with van der Waals surface area (Å²) in [5.41, 5.74) is 1.65. The first kappa shape index (κ1) is 14.2. The van der Waals surface area contributed by atoms with E-state index in [1.165, 1.54) is 0 Å². The van der Waals surface area contributed by atoms with Gasteiger partial charge in [-0.15, -0.1) is 0 Å². The quantitative estimate of drug-likeness (QED) is 0.531. The number of aliphatic hydroxyl groups is 1. The summed E-state index contributed by atoms with van der Waals surface area (Å²) < 4.78 is 0. The molecule has 1 aromatic carbocycles. The Kier molecular flexibility index (Phi) is 5.65. The Bertz CT molecular complexity index is 317. The normalized spacial score (nSPS) is 14.1. The topological polar surface area (TPSA) is 57.1 Å². The zero-order valence-electron chi connectivity index (χ0n) is 9.24. The number of aromatic hydroxyl groups is 1. The van der Waals surface area contributed by atoms with Crippen molar-refractivity contribution in [1.82, 2.24) is 0 Å². The van der Waals surface area contributed by atoms with Gasteiger partial charge in [-0.05, 0) is 37.1 Å². The predicted molar refractivity (Wildman–Crippen MR) is 55.1 cm³/mol. The summed E-state index contributed by atoms with van der Waals surface area (Å²) >= 11 is 0. The number of quaternary nitrogens is 1. The van der Waals surface area contributed by atoms with Gasteiger partial charge in [0.25, 0.3) is 0 Å². The highest BCUT2D eigenvalue weighted by atomic mass is 35.5. The molecule has 1 aromatic rings. The van der Waals surface area contributed by atoms with E-state index in [9.17, 15) is 10.2 Å². The van der Waals surface area contributed by atoms with E-state index in [-0.39, 0.29) is 24.2 Å². The Balaban J connectivity index is 0.00000196. The van der Waals surface area contributed by atoms with Gasteiger partial charge in [0.1, 0.15) is 17.9 Å². The molecule has 1 rings (SSSR count). The van der Waals surface area contributed by atoms with Crippen LogP contribution in [0.25, 0.3) is 0 Å². The van der Waals surface area contributed by atoms with Crippen LogP contribution in [0.2, 0.25) is 0 Å². The van der Waals surface area contributed by atoms with Crippen molar-refractivity contribution in [2.45, 2.75) is 26.0 Å². The number of benzene rings is 1. The third-order valence-corrected chi connectivity index (χ3v) is 2.59. The minimum absolute atomic E-state index is 0. The van der Waals surface area contributed by atoms with Crippen molar-refractivity contribution in [2.75, 3.05) is 7.05 Å². The van der Waals surface area contributed by atoms with E-state index < -0.39 is 6.10 Å². The lowest BCUT2D eigenvalue weighted by Crippen LogP contribution is -3.00. The van der Waals surface area contributed by atoms with Gasteiger partial charge < -0.3 is 27.9 Å². The number of aryl methyl sites for hydroxylation is 1. The summed E-state index contributed by atoms with van der Waals surface area (Å²) in [5.74, 6) is 0.272. The molecule has 0 bridgehead atoms. The molecule has 0 fully saturated rings. The number of rotatable bonds is 3. The Morgan fingerprint density at radius 2 is 1.93 bits per heavy atom. The maximum atomic E-state index is 9.89. The summed E-state index contributed by atoms with van der Waals surface area (Å²) in [7, 11) is 1.93. The Hall–Kier alpha value is -0.770. The molecule has 0 aliphatic heterocycles. The predicted octanol–water partition coefficient (Wildman–Crippen LogP) is -2.68. The minimum atomic E-state index is -0.487. The molecule has 0 heterocycles. The third kappa shape index (κ3) is 3.38. The highest BCUT2D eigenvalue weighted by Gasteiger charge is 2.17. The number of phenols is 1. The van der Waals surface area contributed by atoms with E-state index in [0.717, 1.165) is 11.1 Å². The van der Waals surface area contributed by atoms with E-state index in [1.54, 1.807) is 12.1 Å². The molecule has 0 saturated carbocycles. The maximum Gasteiger partial charge on any atom is 0.130 e. The Labute approximate surface area is 96.5 Å². The van der Waals surface area contributed by atoms with Gasteiger partial charge in [-0.1, -0.05) is 6.07 Å². The monoisotopic (exact) mass is 231 g/mol. The molecule has 0 spiro atoms. The largest absolute Gasteiger partial charge is 1.00 e. The van der Waals surface area contributed by atoms with Crippen LogP contribution < -0.4 is 17.7 Å². The van der Waals surface area contributed by atoms with Crippen molar-refractivity contribution in [3.63, 3.8) is 0 Å².